The van der Waals surface area contributed by atoms with Crippen molar-refractivity contribution in [2.45, 2.75) is 127 Å². The van der Waals surface area contributed by atoms with Crippen molar-refractivity contribution in [1.29, 1.82) is 0 Å². The quantitative estimate of drug-likeness (QED) is 0.0502. The topological polar surface area (TPSA) is 64.6 Å². The highest BCUT2D eigenvalue weighted by Gasteiger charge is 2.53. The summed E-state index contributed by atoms with van der Waals surface area (Å²) < 4.78 is 47.6. The van der Waals surface area contributed by atoms with Gasteiger partial charge in [-0.1, -0.05) is 187 Å². The molecular weight excluding hydrogens is 889 g/mol. The molecular formula is C60H78O7Si2. The molecule has 0 radical (unpaired) electrons. The lowest BCUT2D eigenvalue weighted by atomic mass is 9.91. The van der Waals surface area contributed by atoms with Crippen molar-refractivity contribution in [2.24, 2.45) is 0 Å². The van der Waals surface area contributed by atoms with E-state index in [9.17, 15) is 0 Å². The number of ether oxygens (including phenoxy) is 6. The molecule has 0 aromatic heterocycles. The van der Waals surface area contributed by atoms with Gasteiger partial charge in [0.1, 0.15) is 35.9 Å². The van der Waals surface area contributed by atoms with Crippen LogP contribution in [0.1, 0.15) is 87.8 Å². The molecule has 0 aliphatic carbocycles. The Bertz CT molecular complexity index is 2250. The molecule has 6 aromatic carbocycles. The van der Waals surface area contributed by atoms with Crippen molar-refractivity contribution in [3.05, 3.63) is 203 Å². The van der Waals surface area contributed by atoms with E-state index >= 15 is 0 Å². The minimum absolute atomic E-state index is 0.112. The first kappa shape index (κ1) is 53.5. The lowest BCUT2D eigenvalue weighted by Crippen LogP contribution is -2.58. The molecule has 6 aromatic rings. The van der Waals surface area contributed by atoms with E-state index in [-0.39, 0.29) is 10.1 Å². The average molecular weight is 967 g/mol. The third-order valence-electron chi connectivity index (χ3n) is 14.5. The second-order valence-corrected chi connectivity index (χ2v) is 30.8. The Balaban J connectivity index is 1.29. The predicted octanol–water partition coefficient (Wildman–Crippen LogP) is 15.2. The molecule has 0 N–H and O–H groups in total. The van der Waals surface area contributed by atoms with E-state index in [1.54, 1.807) is 0 Å². The summed E-state index contributed by atoms with van der Waals surface area (Å²) in [5.74, 6) is 1.59. The van der Waals surface area contributed by atoms with Crippen LogP contribution in [-0.4, -0.2) is 44.1 Å². The van der Waals surface area contributed by atoms with Crippen LogP contribution < -0.4 is 9.47 Å². The summed E-state index contributed by atoms with van der Waals surface area (Å²) >= 11 is 0. The predicted molar refractivity (Wildman–Crippen MR) is 287 cm³/mol. The summed E-state index contributed by atoms with van der Waals surface area (Å²) in [6.45, 7) is 21.8. The van der Waals surface area contributed by atoms with Gasteiger partial charge in [-0.3, -0.25) is 0 Å². The smallest absolute Gasteiger partial charge is 0.182 e. The van der Waals surface area contributed by atoms with E-state index in [2.05, 4.69) is 164 Å². The molecule has 0 saturated heterocycles. The van der Waals surface area contributed by atoms with E-state index in [0.717, 1.165) is 57.0 Å². The Morgan fingerprint density at radius 1 is 0.391 bits per heavy atom. The van der Waals surface area contributed by atoms with Crippen LogP contribution in [0.15, 0.2) is 170 Å². The maximum Gasteiger partial charge on any atom is 0.182 e. The Hall–Kier alpha value is -4.85. The molecule has 0 aliphatic heterocycles. The normalized spacial score (nSPS) is 15.6. The molecule has 0 spiro atoms. The third-order valence-corrected chi connectivity index (χ3v) is 26.9. The minimum atomic E-state index is -2.64. The first-order valence-electron chi connectivity index (χ1n) is 24.6. The molecule has 69 heavy (non-hydrogen) atoms. The third kappa shape index (κ3) is 14.6. The summed E-state index contributed by atoms with van der Waals surface area (Å²) in [5.41, 5.74) is 5.00. The first-order valence-corrected chi connectivity index (χ1v) is 29.8. The Morgan fingerprint density at radius 2 is 0.710 bits per heavy atom. The molecule has 0 bridgehead atoms. The largest absolute Gasteiger partial charge is 0.489 e. The second kappa shape index (κ2) is 24.3. The molecule has 4 unspecified atom stereocenters. The van der Waals surface area contributed by atoms with E-state index in [0.29, 0.717) is 52.5 Å². The summed E-state index contributed by atoms with van der Waals surface area (Å²) in [6, 6.07) is 59.7. The SMILES string of the molecule is COC(CC[Si](C)(O[Si](C)(CCC(COCc1ccccc1)(OC)c1cccc(OCc2ccccc2)c1)C(C)(C)C)C(C)(C)C)(COCc1ccccc1)c1cccc(OCc2ccccc2)c1. The summed E-state index contributed by atoms with van der Waals surface area (Å²) in [5, 5.41) is -0.224. The van der Waals surface area contributed by atoms with Gasteiger partial charge in [-0.15, -0.1) is 0 Å². The number of methoxy groups -OCH3 is 2. The van der Waals surface area contributed by atoms with Gasteiger partial charge >= 0.3 is 0 Å². The highest BCUT2D eigenvalue weighted by molar-refractivity contribution is 6.88. The van der Waals surface area contributed by atoms with Crippen LogP contribution in [0.4, 0.5) is 0 Å². The zero-order chi connectivity index (χ0) is 49.4. The fraction of sp³-hybridized carbons (Fsp3) is 0.400. The zero-order valence-electron chi connectivity index (χ0n) is 43.1. The van der Waals surface area contributed by atoms with Gasteiger partial charge in [-0.25, -0.2) is 0 Å². The molecule has 4 atom stereocenters. The fourth-order valence-electron chi connectivity index (χ4n) is 8.73. The average Bonchev–Trinajstić information content (AvgIpc) is 3.35. The van der Waals surface area contributed by atoms with Crippen molar-refractivity contribution in [2.75, 3.05) is 27.4 Å². The van der Waals surface area contributed by atoms with Gasteiger partial charge in [0.2, 0.25) is 0 Å². The zero-order valence-corrected chi connectivity index (χ0v) is 45.1. The lowest BCUT2D eigenvalue weighted by Gasteiger charge is -2.52. The van der Waals surface area contributed by atoms with Gasteiger partial charge in [-0.05, 0) is 106 Å². The number of rotatable bonds is 26. The minimum Gasteiger partial charge on any atom is -0.489 e. The van der Waals surface area contributed by atoms with Crippen LogP contribution in [-0.2, 0) is 60.7 Å². The van der Waals surface area contributed by atoms with Crippen LogP contribution in [0, 0.1) is 0 Å². The number of hydrogen-bond donors (Lipinski definition) is 0. The summed E-state index contributed by atoms with van der Waals surface area (Å²) in [4.78, 5) is 0. The Kier molecular flexibility index (Phi) is 18.9. The van der Waals surface area contributed by atoms with Gasteiger partial charge in [0, 0.05) is 14.2 Å². The van der Waals surface area contributed by atoms with E-state index in [4.69, 9.17) is 32.5 Å². The van der Waals surface area contributed by atoms with E-state index < -0.39 is 27.8 Å². The molecule has 0 aliphatic rings. The second-order valence-electron chi connectivity index (χ2n) is 21.0. The van der Waals surface area contributed by atoms with Crippen molar-refractivity contribution >= 4 is 16.6 Å². The molecule has 0 amide bonds. The Labute approximate surface area is 416 Å². The molecule has 7 nitrogen and oxygen atoms in total. The van der Waals surface area contributed by atoms with Gasteiger partial charge in [0.25, 0.3) is 0 Å². The summed E-state index contributed by atoms with van der Waals surface area (Å²) in [7, 11) is -1.63. The van der Waals surface area contributed by atoms with Crippen molar-refractivity contribution in [3.8, 4) is 11.5 Å². The highest BCUT2D eigenvalue weighted by atomic mass is 28.4. The highest BCUT2D eigenvalue weighted by Crippen LogP contribution is 2.51. The molecule has 0 heterocycles. The summed E-state index contributed by atoms with van der Waals surface area (Å²) in [6.07, 6.45) is 1.42. The molecule has 0 fully saturated rings. The van der Waals surface area contributed by atoms with E-state index in [1.165, 1.54) is 0 Å². The van der Waals surface area contributed by atoms with Crippen molar-refractivity contribution in [1.82, 2.24) is 0 Å². The van der Waals surface area contributed by atoms with E-state index in [1.807, 2.05) is 74.9 Å². The standard InChI is InChI=1S/C60H78O7Si2/c1-57(2,3)68(9,39-37-59(61-7,47-63-43-49-25-15-11-16-26-49)53-33-23-35-55(41-53)65-45-51-29-19-13-20-30-51)67-69(10,58(4,5)6)40-38-60(62-8,48-64-44-50-27-17-12-18-28-50)54-34-24-36-56(42-54)66-46-52-31-21-14-22-32-52/h11-36,41-42H,37-40,43-48H2,1-10H3. The Morgan fingerprint density at radius 3 is 1.01 bits per heavy atom. The fourth-order valence-corrected chi connectivity index (χ4v) is 19.2. The van der Waals surface area contributed by atoms with Crippen LogP contribution >= 0.6 is 0 Å². The van der Waals surface area contributed by atoms with Crippen LogP contribution in [0.2, 0.25) is 35.3 Å². The molecule has 0 saturated carbocycles. The van der Waals surface area contributed by atoms with Gasteiger partial charge in [0.15, 0.2) is 16.6 Å². The molecule has 368 valence electrons. The van der Waals surface area contributed by atoms with Crippen molar-refractivity contribution in [3.63, 3.8) is 0 Å². The van der Waals surface area contributed by atoms with Gasteiger partial charge < -0.3 is 32.5 Å². The van der Waals surface area contributed by atoms with Crippen LogP contribution in [0.3, 0.4) is 0 Å². The number of benzene rings is 6. The maximum atomic E-state index is 8.11. The van der Waals surface area contributed by atoms with Crippen LogP contribution in [0.25, 0.3) is 0 Å². The van der Waals surface area contributed by atoms with Gasteiger partial charge in [-0.2, -0.15) is 0 Å². The number of hydrogen-bond acceptors (Lipinski definition) is 7. The monoisotopic (exact) mass is 967 g/mol. The lowest BCUT2D eigenvalue weighted by molar-refractivity contribution is -0.0882. The molecule has 6 rings (SSSR count). The van der Waals surface area contributed by atoms with Crippen LogP contribution in [0.5, 0.6) is 11.5 Å². The van der Waals surface area contributed by atoms with Gasteiger partial charge in [0.05, 0.1) is 26.4 Å². The van der Waals surface area contributed by atoms with Crippen molar-refractivity contribution < 1.29 is 32.5 Å². The first-order chi connectivity index (χ1) is 33.0. The maximum absolute atomic E-state index is 8.11. The molecule has 9 heteroatoms.